The average molecular weight is 367 g/mol. The molecule has 2 unspecified atom stereocenters. The second-order valence-corrected chi connectivity index (χ2v) is 7.34. The first-order chi connectivity index (χ1) is 13.2. The van der Waals surface area contributed by atoms with E-state index in [-0.39, 0.29) is 11.8 Å². The molecule has 0 radical (unpaired) electrons. The van der Waals surface area contributed by atoms with Crippen molar-refractivity contribution in [3.05, 3.63) is 66.0 Å². The molecule has 144 valence electrons. The maximum atomic E-state index is 13.3. The Hall–Kier alpha value is -2.24. The molecule has 1 saturated heterocycles. The van der Waals surface area contributed by atoms with E-state index in [9.17, 15) is 4.79 Å². The highest BCUT2D eigenvalue weighted by atomic mass is 16.5. The lowest BCUT2D eigenvalue weighted by Crippen LogP contribution is -2.40. The molecule has 0 aliphatic carbocycles. The number of benzene rings is 1. The van der Waals surface area contributed by atoms with E-state index in [1.54, 1.807) is 13.3 Å². The van der Waals surface area contributed by atoms with Gasteiger partial charge in [-0.15, -0.1) is 0 Å². The SMILES string of the molecule is COCCN(Cc1ccccn1)C(=O)C1CN(Cc2ccccc2)CC1C. The summed E-state index contributed by atoms with van der Waals surface area (Å²) < 4.78 is 5.23. The molecule has 1 amide bonds. The van der Waals surface area contributed by atoms with Crippen molar-refractivity contribution in [1.82, 2.24) is 14.8 Å². The van der Waals surface area contributed by atoms with Crippen molar-refractivity contribution in [1.29, 1.82) is 0 Å². The molecule has 0 N–H and O–H groups in total. The summed E-state index contributed by atoms with van der Waals surface area (Å²) in [6.45, 7) is 6.50. The van der Waals surface area contributed by atoms with Crippen molar-refractivity contribution in [2.24, 2.45) is 11.8 Å². The van der Waals surface area contributed by atoms with Gasteiger partial charge in [0.1, 0.15) is 0 Å². The van der Waals surface area contributed by atoms with E-state index in [0.717, 1.165) is 25.3 Å². The molecule has 2 aromatic rings. The lowest BCUT2D eigenvalue weighted by molar-refractivity contribution is -0.137. The number of methoxy groups -OCH3 is 1. The first-order valence-electron chi connectivity index (χ1n) is 9.61. The van der Waals surface area contributed by atoms with Crippen molar-refractivity contribution in [3.8, 4) is 0 Å². The zero-order valence-corrected chi connectivity index (χ0v) is 16.3. The molecule has 5 heteroatoms. The van der Waals surface area contributed by atoms with Crippen LogP contribution in [-0.2, 0) is 22.6 Å². The van der Waals surface area contributed by atoms with Crippen molar-refractivity contribution >= 4 is 5.91 Å². The van der Waals surface area contributed by atoms with E-state index >= 15 is 0 Å². The first-order valence-corrected chi connectivity index (χ1v) is 9.61. The molecule has 1 aromatic heterocycles. The summed E-state index contributed by atoms with van der Waals surface area (Å²) in [6.07, 6.45) is 1.77. The fraction of sp³-hybridized carbons (Fsp3) is 0.455. The van der Waals surface area contributed by atoms with Crippen LogP contribution >= 0.6 is 0 Å². The van der Waals surface area contributed by atoms with Gasteiger partial charge in [0.05, 0.1) is 24.8 Å². The summed E-state index contributed by atoms with van der Waals surface area (Å²) in [5.41, 5.74) is 2.20. The third-order valence-electron chi connectivity index (χ3n) is 5.21. The molecule has 1 aromatic carbocycles. The summed E-state index contributed by atoms with van der Waals surface area (Å²) in [5, 5.41) is 0. The molecule has 0 bridgehead atoms. The van der Waals surface area contributed by atoms with Gasteiger partial charge in [0.25, 0.3) is 0 Å². The molecule has 0 saturated carbocycles. The summed E-state index contributed by atoms with van der Waals surface area (Å²) in [5.74, 6) is 0.574. The Kier molecular flexibility index (Phi) is 6.96. The van der Waals surface area contributed by atoms with E-state index in [1.807, 2.05) is 29.2 Å². The van der Waals surface area contributed by atoms with E-state index in [2.05, 4.69) is 41.1 Å². The minimum Gasteiger partial charge on any atom is -0.383 e. The van der Waals surface area contributed by atoms with Crippen LogP contribution in [0.4, 0.5) is 0 Å². The van der Waals surface area contributed by atoms with E-state index in [4.69, 9.17) is 4.74 Å². The Morgan fingerprint density at radius 3 is 2.67 bits per heavy atom. The van der Waals surface area contributed by atoms with Crippen molar-refractivity contribution < 1.29 is 9.53 Å². The number of hydrogen-bond donors (Lipinski definition) is 0. The molecular formula is C22H29N3O2. The largest absolute Gasteiger partial charge is 0.383 e. The maximum Gasteiger partial charge on any atom is 0.227 e. The Morgan fingerprint density at radius 1 is 1.19 bits per heavy atom. The van der Waals surface area contributed by atoms with Gasteiger partial charge < -0.3 is 9.64 Å². The smallest absolute Gasteiger partial charge is 0.227 e. The Balaban J connectivity index is 1.65. The summed E-state index contributed by atoms with van der Waals surface area (Å²) in [7, 11) is 1.67. The van der Waals surface area contributed by atoms with Gasteiger partial charge in [-0.2, -0.15) is 0 Å². The van der Waals surface area contributed by atoms with Gasteiger partial charge in [0.2, 0.25) is 5.91 Å². The van der Waals surface area contributed by atoms with E-state index in [1.165, 1.54) is 5.56 Å². The average Bonchev–Trinajstić information content (AvgIpc) is 3.06. The third-order valence-corrected chi connectivity index (χ3v) is 5.21. The van der Waals surface area contributed by atoms with Crippen LogP contribution in [-0.4, -0.2) is 54.0 Å². The number of pyridine rings is 1. The molecule has 3 rings (SSSR count). The zero-order chi connectivity index (χ0) is 19.1. The Labute approximate surface area is 162 Å². The number of hydrogen-bond acceptors (Lipinski definition) is 4. The number of likely N-dealkylation sites (tertiary alicyclic amines) is 1. The lowest BCUT2D eigenvalue weighted by Gasteiger charge is -2.26. The predicted molar refractivity (Wildman–Crippen MR) is 106 cm³/mol. The van der Waals surface area contributed by atoms with Crippen LogP contribution in [0, 0.1) is 11.8 Å². The van der Waals surface area contributed by atoms with Crippen molar-refractivity contribution in [3.63, 3.8) is 0 Å². The Morgan fingerprint density at radius 2 is 1.96 bits per heavy atom. The molecular weight excluding hydrogens is 338 g/mol. The molecule has 1 aliphatic heterocycles. The fourth-order valence-corrected chi connectivity index (χ4v) is 3.75. The normalized spacial score (nSPS) is 19.9. The van der Waals surface area contributed by atoms with Gasteiger partial charge in [0.15, 0.2) is 0 Å². The topological polar surface area (TPSA) is 45.7 Å². The van der Waals surface area contributed by atoms with Crippen molar-refractivity contribution in [2.75, 3.05) is 33.4 Å². The highest BCUT2D eigenvalue weighted by Gasteiger charge is 2.37. The van der Waals surface area contributed by atoms with Crippen LogP contribution in [0.2, 0.25) is 0 Å². The lowest BCUT2D eigenvalue weighted by atomic mass is 9.96. The van der Waals surface area contributed by atoms with Crippen molar-refractivity contribution in [2.45, 2.75) is 20.0 Å². The molecule has 5 nitrogen and oxygen atoms in total. The fourth-order valence-electron chi connectivity index (χ4n) is 3.75. The van der Waals surface area contributed by atoms with Crippen LogP contribution < -0.4 is 0 Å². The Bertz CT molecular complexity index is 708. The number of amides is 1. The van der Waals surface area contributed by atoms with Gasteiger partial charge in [0, 0.05) is 39.5 Å². The highest BCUT2D eigenvalue weighted by Crippen LogP contribution is 2.27. The highest BCUT2D eigenvalue weighted by molar-refractivity contribution is 5.79. The van der Waals surface area contributed by atoms with E-state index in [0.29, 0.717) is 25.6 Å². The quantitative estimate of drug-likeness (QED) is 0.720. The van der Waals surface area contributed by atoms with Crippen LogP contribution in [0.25, 0.3) is 0 Å². The summed E-state index contributed by atoms with van der Waals surface area (Å²) in [4.78, 5) is 21.9. The van der Waals surface area contributed by atoms with Gasteiger partial charge in [-0.25, -0.2) is 0 Å². The zero-order valence-electron chi connectivity index (χ0n) is 16.3. The maximum absolute atomic E-state index is 13.3. The summed E-state index contributed by atoms with van der Waals surface area (Å²) >= 11 is 0. The second-order valence-electron chi connectivity index (χ2n) is 7.34. The molecule has 2 atom stereocenters. The molecule has 1 aliphatic rings. The minimum atomic E-state index is 0.0225. The standard InChI is InChI=1S/C22H29N3O2/c1-18-14-24(15-19-8-4-3-5-9-19)17-21(18)22(26)25(12-13-27-2)16-20-10-6-7-11-23-20/h3-11,18,21H,12-17H2,1-2H3. The van der Waals surface area contributed by atoms with Crippen LogP contribution in [0.3, 0.4) is 0 Å². The monoisotopic (exact) mass is 367 g/mol. The molecule has 1 fully saturated rings. The first kappa shape index (κ1) is 19.5. The minimum absolute atomic E-state index is 0.0225. The number of rotatable bonds is 8. The van der Waals surface area contributed by atoms with Crippen LogP contribution in [0.15, 0.2) is 54.7 Å². The number of carbonyl (C=O) groups is 1. The van der Waals surface area contributed by atoms with E-state index < -0.39 is 0 Å². The van der Waals surface area contributed by atoms with Gasteiger partial charge >= 0.3 is 0 Å². The summed E-state index contributed by atoms with van der Waals surface area (Å²) in [6, 6.07) is 16.3. The molecule has 0 spiro atoms. The van der Waals surface area contributed by atoms with Crippen LogP contribution in [0.5, 0.6) is 0 Å². The second kappa shape index (κ2) is 9.62. The van der Waals surface area contributed by atoms with Gasteiger partial charge in [-0.1, -0.05) is 43.3 Å². The number of aromatic nitrogens is 1. The number of nitrogens with zero attached hydrogens (tertiary/aromatic N) is 3. The molecule has 2 heterocycles. The third kappa shape index (κ3) is 5.37. The molecule has 27 heavy (non-hydrogen) atoms. The van der Waals surface area contributed by atoms with Gasteiger partial charge in [-0.3, -0.25) is 14.7 Å². The van der Waals surface area contributed by atoms with Crippen LogP contribution in [0.1, 0.15) is 18.2 Å². The number of ether oxygens (including phenoxy) is 1. The predicted octanol–water partition coefficient (Wildman–Crippen LogP) is 2.82. The number of carbonyl (C=O) groups excluding carboxylic acids is 1. The van der Waals surface area contributed by atoms with Gasteiger partial charge in [-0.05, 0) is 23.6 Å².